The second-order valence-electron chi connectivity index (χ2n) is 4.52. The van der Waals surface area contributed by atoms with Crippen molar-refractivity contribution in [3.05, 3.63) is 0 Å². The minimum atomic E-state index is -0.294. The average Bonchev–Trinajstić information content (AvgIpc) is 2.77. The van der Waals surface area contributed by atoms with Gasteiger partial charge < -0.3 is 21.1 Å². The summed E-state index contributed by atoms with van der Waals surface area (Å²) >= 11 is 0. The molecule has 104 valence electrons. The molecule has 2 unspecified atom stereocenters. The Balaban J connectivity index is 2.17. The van der Waals surface area contributed by atoms with Gasteiger partial charge in [0.2, 0.25) is 11.8 Å². The van der Waals surface area contributed by atoms with Gasteiger partial charge in [0, 0.05) is 19.0 Å². The molecule has 1 rings (SSSR count). The molecule has 0 aromatic rings. The predicted octanol–water partition coefficient (Wildman–Crippen LogP) is -0.617. The van der Waals surface area contributed by atoms with Crippen LogP contribution in [0.1, 0.15) is 26.2 Å². The standard InChI is InChI=1S/C12H23N3O3/c1-2-14-10-8-18-7-9(10)12(17)15-6-4-3-5-11(13)16/h9-10,14H,2-8H2,1H3,(H2,13,16)(H,15,17). The predicted molar refractivity (Wildman–Crippen MR) is 67.8 cm³/mol. The van der Waals surface area contributed by atoms with Gasteiger partial charge in [-0.2, -0.15) is 0 Å². The van der Waals surface area contributed by atoms with Gasteiger partial charge in [-0.05, 0) is 19.4 Å². The van der Waals surface area contributed by atoms with Crippen molar-refractivity contribution in [2.24, 2.45) is 11.7 Å². The van der Waals surface area contributed by atoms with E-state index in [9.17, 15) is 9.59 Å². The topological polar surface area (TPSA) is 93.4 Å². The van der Waals surface area contributed by atoms with Crippen LogP contribution >= 0.6 is 0 Å². The van der Waals surface area contributed by atoms with Crippen LogP contribution in [0.4, 0.5) is 0 Å². The number of unbranched alkanes of at least 4 members (excludes halogenated alkanes) is 1. The van der Waals surface area contributed by atoms with E-state index in [2.05, 4.69) is 10.6 Å². The molecule has 0 bridgehead atoms. The maximum atomic E-state index is 11.9. The van der Waals surface area contributed by atoms with E-state index in [4.69, 9.17) is 10.5 Å². The van der Waals surface area contributed by atoms with Gasteiger partial charge in [-0.15, -0.1) is 0 Å². The van der Waals surface area contributed by atoms with Crippen molar-refractivity contribution in [2.45, 2.75) is 32.2 Å². The Labute approximate surface area is 108 Å². The van der Waals surface area contributed by atoms with Gasteiger partial charge >= 0.3 is 0 Å². The summed E-state index contributed by atoms with van der Waals surface area (Å²) < 4.78 is 5.32. The summed E-state index contributed by atoms with van der Waals surface area (Å²) in [7, 11) is 0. The van der Waals surface area contributed by atoms with Gasteiger partial charge in [-0.3, -0.25) is 9.59 Å². The molecule has 18 heavy (non-hydrogen) atoms. The van der Waals surface area contributed by atoms with E-state index < -0.39 is 0 Å². The average molecular weight is 257 g/mol. The van der Waals surface area contributed by atoms with Crippen molar-refractivity contribution in [1.29, 1.82) is 0 Å². The maximum absolute atomic E-state index is 11.9. The molecule has 0 aliphatic carbocycles. The molecular formula is C12H23N3O3. The van der Waals surface area contributed by atoms with Crippen molar-refractivity contribution < 1.29 is 14.3 Å². The highest BCUT2D eigenvalue weighted by atomic mass is 16.5. The van der Waals surface area contributed by atoms with E-state index >= 15 is 0 Å². The third-order valence-electron chi connectivity index (χ3n) is 3.03. The second kappa shape index (κ2) is 8.05. The van der Waals surface area contributed by atoms with Gasteiger partial charge in [-0.25, -0.2) is 0 Å². The lowest BCUT2D eigenvalue weighted by atomic mass is 10.0. The summed E-state index contributed by atoms with van der Waals surface area (Å²) in [6.45, 7) is 4.49. The number of hydrogen-bond donors (Lipinski definition) is 3. The first kappa shape index (κ1) is 14.9. The molecular weight excluding hydrogens is 234 g/mol. The highest BCUT2D eigenvalue weighted by Gasteiger charge is 2.32. The van der Waals surface area contributed by atoms with E-state index in [1.807, 2.05) is 6.92 Å². The van der Waals surface area contributed by atoms with Crippen LogP contribution in [0.3, 0.4) is 0 Å². The zero-order chi connectivity index (χ0) is 13.4. The Morgan fingerprint density at radius 2 is 2.11 bits per heavy atom. The van der Waals surface area contributed by atoms with E-state index in [1.165, 1.54) is 0 Å². The monoisotopic (exact) mass is 257 g/mol. The minimum Gasteiger partial charge on any atom is -0.379 e. The summed E-state index contributed by atoms with van der Waals surface area (Å²) in [6, 6.07) is 0.112. The van der Waals surface area contributed by atoms with E-state index in [1.54, 1.807) is 0 Å². The number of nitrogens with two attached hydrogens (primary N) is 1. The fourth-order valence-electron chi connectivity index (χ4n) is 2.04. The van der Waals surface area contributed by atoms with Crippen LogP contribution in [0.2, 0.25) is 0 Å². The van der Waals surface area contributed by atoms with Gasteiger partial charge in [0.15, 0.2) is 0 Å². The molecule has 6 nitrogen and oxygen atoms in total. The number of rotatable bonds is 8. The lowest BCUT2D eigenvalue weighted by molar-refractivity contribution is -0.125. The summed E-state index contributed by atoms with van der Waals surface area (Å²) in [5.41, 5.74) is 5.03. The number of carbonyl (C=O) groups is 2. The summed E-state index contributed by atoms with van der Waals surface area (Å²) in [6.07, 6.45) is 1.87. The number of hydrogen-bond acceptors (Lipinski definition) is 4. The molecule has 1 fully saturated rings. The van der Waals surface area contributed by atoms with Crippen LogP contribution in [0.5, 0.6) is 0 Å². The molecule has 0 aromatic carbocycles. The largest absolute Gasteiger partial charge is 0.379 e. The van der Waals surface area contributed by atoms with Crippen molar-refractivity contribution in [3.63, 3.8) is 0 Å². The molecule has 0 spiro atoms. The van der Waals surface area contributed by atoms with Crippen LogP contribution in [0.25, 0.3) is 0 Å². The molecule has 0 saturated carbocycles. The molecule has 2 atom stereocenters. The summed E-state index contributed by atoms with van der Waals surface area (Å²) in [5.74, 6) is -0.378. The lowest BCUT2D eigenvalue weighted by Crippen LogP contribution is -2.44. The van der Waals surface area contributed by atoms with Gasteiger partial charge in [-0.1, -0.05) is 6.92 Å². The molecule has 1 aliphatic rings. The van der Waals surface area contributed by atoms with Crippen LogP contribution in [0, 0.1) is 5.92 Å². The Morgan fingerprint density at radius 1 is 1.33 bits per heavy atom. The third-order valence-corrected chi connectivity index (χ3v) is 3.03. The fourth-order valence-corrected chi connectivity index (χ4v) is 2.04. The van der Waals surface area contributed by atoms with Gasteiger partial charge in [0.05, 0.1) is 19.1 Å². The van der Waals surface area contributed by atoms with Crippen LogP contribution in [0.15, 0.2) is 0 Å². The first-order valence-electron chi connectivity index (χ1n) is 6.52. The van der Waals surface area contributed by atoms with E-state index in [-0.39, 0.29) is 23.8 Å². The smallest absolute Gasteiger partial charge is 0.227 e. The van der Waals surface area contributed by atoms with Gasteiger partial charge in [0.1, 0.15) is 0 Å². The van der Waals surface area contributed by atoms with E-state index in [0.29, 0.717) is 32.6 Å². The molecule has 4 N–H and O–H groups in total. The number of amides is 2. The number of ether oxygens (including phenoxy) is 1. The van der Waals surface area contributed by atoms with Crippen LogP contribution < -0.4 is 16.4 Å². The first-order chi connectivity index (χ1) is 8.65. The van der Waals surface area contributed by atoms with Crippen molar-refractivity contribution in [3.8, 4) is 0 Å². The molecule has 1 aliphatic heterocycles. The molecule has 6 heteroatoms. The summed E-state index contributed by atoms with van der Waals surface area (Å²) in [4.78, 5) is 22.4. The number of carbonyl (C=O) groups excluding carboxylic acids is 2. The van der Waals surface area contributed by atoms with Crippen molar-refractivity contribution in [2.75, 3.05) is 26.3 Å². The molecule has 1 heterocycles. The molecule has 2 amide bonds. The first-order valence-corrected chi connectivity index (χ1v) is 6.52. The Bertz CT molecular complexity index is 284. The SMILES string of the molecule is CCNC1COCC1C(=O)NCCCCC(N)=O. The minimum absolute atomic E-state index is 0.0255. The number of likely N-dealkylation sites (N-methyl/N-ethyl adjacent to an activating group) is 1. The number of primary amides is 1. The Hall–Kier alpha value is -1.14. The van der Waals surface area contributed by atoms with Gasteiger partial charge in [0.25, 0.3) is 0 Å². The summed E-state index contributed by atoms with van der Waals surface area (Å²) in [5, 5.41) is 6.12. The zero-order valence-corrected chi connectivity index (χ0v) is 10.9. The zero-order valence-electron chi connectivity index (χ0n) is 10.9. The molecule has 0 aromatic heterocycles. The third kappa shape index (κ3) is 5.01. The van der Waals surface area contributed by atoms with Crippen molar-refractivity contribution in [1.82, 2.24) is 10.6 Å². The fraction of sp³-hybridized carbons (Fsp3) is 0.833. The normalized spacial score (nSPS) is 22.9. The van der Waals surface area contributed by atoms with Crippen LogP contribution in [-0.4, -0.2) is 44.2 Å². The molecule has 1 saturated heterocycles. The highest BCUT2D eigenvalue weighted by molar-refractivity contribution is 5.79. The lowest BCUT2D eigenvalue weighted by Gasteiger charge is -2.17. The second-order valence-corrected chi connectivity index (χ2v) is 4.52. The quantitative estimate of drug-likeness (QED) is 0.505. The van der Waals surface area contributed by atoms with Crippen molar-refractivity contribution >= 4 is 11.8 Å². The Morgan fingerprint density at radius 3 is 2.78 bits per heavy atom. The highest BCUT2D eigenvalue weighted by Crippen LogP contribution is 2.13. The van der Waals surface area contributed by atoms with Crippen LogP contribution in [-0.2, 0) is 14.3 Å². The molecule has 0 radical (unpaired) electrons. The maximum Gasteiger partial charge on any atom is 0.227 e. The Kier molecular flexibility index (Phi) is 6.67. The number of nitrogens with one attached hydrogen (secondary N) is 2. The van der Waals surface area contributed by atoms with E-state index in [0.717, 1.165) is 13.0 Å².